The van der Waals surface area contributed by atoms with Crippen LogP contribution >= 0.6 is 0 Å². The Morgan fingerprint density at radius 3 is 2.70 bits per heavy atom. The number of aromatic nitrogens is 1. The highest BCUT2D eigenvalue weighted by molar-refractivity contribution is 5.54. The van der Waals surface area contributed by atoms with E-state index in [1.807, 2.05) is 37.9 Å². The van der Waals surface area contributed by atoms with Gasteiger partial charge >= 0.3 is 0 Å². The number of pyridine rings is 1. The lowest BCUT2D eigenvalue weighted by Gasteiger charge is -2.36. The van der Waals surface area contributed by atoms with Crippen molar-refractivity contribution in [3.8, 4) is 5.88 Å². The lowest BCUT2D eigenvalue weighted by atomic mass is 9.91. The zero-order chi connectivity index (χ0) is 14.7. The third-order valence-electron chi connectivity index (χ3n) is 3.78. The molecule has 1 saturated carbocycles. The van der Waals surface area contributed by atoms with Crippen molar-refractivity contribution in [3.63, 3.8) is 0 Å². The van der Waals surface area contributed by atoms with Crippen molar-refractivity contribution >= 4 is 11.5 Å². The Bertz CT molecular complexity index is 451. The van der Waals surface area contributed by atoms with Crippen LogP contribution in [0, 0.1) is 0 Å². The van der Waals surface area contributed by atoms with Crippen LogP contribution in [0.25, 0.3) is 0 Å². The maximum atomic E-state index is 10.1. The summed E-state index contributed by atoms with van der Waals surface area (Å²) >= 11 is 0. The summed E-state index contributed by atoms with van der Waals surface area (Å²) in [4.78, 5) is 6.53. The second kappa shape index (κ2) is 6.31. The second-order valence-electron chi connectivity index (χ2n) is 5.76. The van der Waals surface area contributed by atoms with Gasteiger partial charge in [-0.25, -0.2) is 0 Å². The Morgan fingerprint density at radius 1 is 1.35 bits per heavy atom. The van der Waals surface area contributed by atoms with E-state index in [0.717, 1.165) is 31.5 Å². The van der Waals surface area contributed by atoms with Gasteiger partial charge in [-0.3, -0.25) is 0 Å². The van der Waals surface area contributed by atoms with Gasteiger partial charge in [0, 0.05) is 7.05 Å². The molecule has 2 unspecified atom stereocenters. The molecule has 20 heavy (non-hydrogen) atoms. The van der Waals surface area contributed by atoms with Crippen molar-refractivity contribution in [2.45, 2.75) is 57.8 Å². The maximum Gasteiger partial charge on any atom is 0.239 e. The smallest absolute Gasteiger partial charge is 0.239 e. The zero-order valence-electron chi connectivity index (χ0n) is 12.5. The van der Waals surface area contributed by atoms with Gasteiger partial charge in [0.25, 0.3) is 0 Å². The van der Waals surface area contributed by atoms with Gasteiger partial charge in [-0.15, -0.1) is 0 Å². The number of aliphatic hydroxyl groups is 1. The van der Waals surface area contributed by atoms with Gasteiger partial charge in [-0.2, -0.15) is 4.98 Å². The molecule has 0 aromatic carbocycles. The second-order valence-corrected chi connectivity index (χ2v) is 5.76. The summed E-state index contributed by atoms with van der Waals surface area (Å²) in [5.74, 6) is 1.26. The summed E-state index contributed by atoms with van der Waals surface area (Å²) in [7, 11) is 1.97. The van der Waals surface area contributed by atoms with Crippen LogP contribution in [0.2, 0.25) is 0 Å². The number of nitrogen functional groups attached to an aromatic ring is 1. The number of aliphatic hydroxyl groups excluding tert-OH is 1. The SMILES string of the molecule is CC(C)Oc1nc(N(C)C2CCCCC2O)ccc1N. The predicted octanol–water partition coefficient (Wildman–Crippen LogP) is 2.19. The summed E-state index contributed by atoms with van der Waals surface area (Å²) in [5, 5.41) is 10.1. The highest BCUT2D eigenvalue weighted by atomic mass is 16.5. The molecule has 0 amide bonds. The average Bonchev–Trinajstić information content (AvgIpc) is 2.40. The van der Waals surface area contributed by atoms with Crippen molar-refractivity contribution in [1.82, 2.24) is 4.98 Å². The van der Waals surface area contributed by atoms with Gasteiger partial charge in [-0.05, 0) is 38.8 Å². The Balaban J connectivity index is 2.18. The van der Waals surface area contributed by atoms with E-state index in [-0.39, 0.29) is 18.2 Å². The molecule has 3 N–H and O–H groups in total. The summed E-state index contributed by atoms with van der Waals surface area (Å²) in [6, 6.07) is 3.81. The van der Waals surface area contributed by atoms with Crippen molar-refractivity contribution in [1.29, 1.82) is 0 Å². The molecule has 0 radical (unpaired) electrons. The number of nitrogens with two attached hydrogens (primary N) is 1. The molecule has 2 rings (SSSR count). The molecule has 0 aliphatic heterocycles. The summed E-state index contributed by atoms with van der Waals surface area (Å²) in [5.41, 5.74) is 6.43. The van der Waals surface area contributed by atoms with Gasteiger partial charge in [0.1, 0.15) is 5.82 Å². The predicted molar refractivity (Wildman–Crippen MR) is 81.1 cm³/mol. The molecule has 0 bridgehead atoms. The minimum Gasteiger partial charge on any atom is -0.473 e. The van der Waals surface area contributed by atoms with E-state index in [1.54, 1.807) is 0 Å². The molecule has 0 spiro atoms. The fourth-order valence-corrected chi connectivity index (χ4v) is 2.67. The molecule has 5 heteroatoms. The molecule has 1 aliphatic rings. The number of hydrogen-bond donors (Lipinski definition) is 2. The van der Waals surface area contributed by atoms with Crippen LogP contribution < -0.4 is 15.4 Å². The molecule has 1 fully saturated rings. The quantitative estimate of drug-likeness (QED) is 0.884. The Kier molecular flexibility index (Phi) is 4.70. The normalized spacial score (nSPS) is 22.9. The Hall–Kier alpha value is -1.49. The van der Waals surface area contributed by atoms with Crippen molar-refractivity contribution in [3.05, 3.63) is 12.1 Å². The minimum absolute atomic E-state index is 0.0330. The van der Waals surface area contributed by atoms with E-state index in [4.69, 9.17) is 10.5 Å². The number of anilines is 2. The first-order valence-corrected chi connectivity index (χ1v) is 7.33. The lowest BCUT2D eigenvalue weighted by Crippen LogP contribution is -2.43. The van der Waals surface area contributed by atoms with Crippen molar-refractivity contribution in [2.75, 3.05) is 17.7 Å². The van der Waals surface area contributed by atoms with Crippen molar-refractivity contribution in [2.24, 2.45) is 0 Å². The fraction of sp³-hybridized carbons (Fsp3) is 0.667. The first-order valence-electron chi connectivity index (χ1n) is 7.33. The lowest BCUT2D eigenvalue weighted by molar-refractivity contribution is 0.106. The Morgan fingerprint density at radius 2 is 2.05 bits per heavy atom. The number of likely N-dealkylation sites (N-methyl/N-ethyl adjacent to an activating group) is 1. The third kappa shape index (κ3) is 3.33. The standard InChI is InChI=1S/C15H25N3O2/c1-10(2)20-15-11(16)8-9-14(17-15)18(3)12-6-4-5-7-13(12)19/h8-10,12-13,19H,4-7,16H2,1-3H3. The number of hydrogen-bond acceptors (Lipinski definition) is 5. The highest BCUT2D eigenvalue weighted by Crippen LogP contribution is 2.29. The van der Waals surface area contributed by atoms with Gasteiger partial charge in [0.05, 0.1) is 23.9 Å². The van der Waals surface area contributed by atoms with Crippen LogP contribution in [0.3, 0.4) is 0 Å². The van der Waals surface area contributed by atoms with E-state index in [2.05, 4.69) is 4.98 Å². The first-order chi connectivity index (χ1) is 9.49. The molecular weight excluding hydrogens is 254 g/mol. The van der Waals surface area contributed by atoms with Crippen LogP contribution in [0.4, 0.5) is 11.5 Å². The van der Waals surface area contributed by atoms with E-state index in [9.17, 15) is 5.11 Å². The zero-order valence-corrected chi connectivity index (χ0v) is 12.5. The summed E-state index contributed by atoms with van der Waals surface area (Å²) in [6.07, 6.45) is 3.84. The molecule has 112 valence electrons. The monoisotopic (exact) mass is 279 g/mol. The molecule has 5 nitrogen and oxygen atoms in total. The largest absolute Gasteiger partial charge is 0.473 e. The molecular formula is C15H25N3O2. The van der Waals surface area contributed by atoms with Gasteiger partial charge in [0.15, 0.2) is 0 Å². The van der Waals surface area contributed by atoms with Crippen LogP contribution in [0.5, 0.6) is 5.88 Å². The van der Waals surface area contributed by atoms with Crippen LogP contribution in [-0.4, -0.2) is 35.4 Å². The number of ether oxygens (including phenoxy) is 1. The van der Waals surface area contributed by atoms with Crippen LogP contribution in [0.1, 0.15) is 39.5 Å². The molecule has 1 aromatic rings. The van der Waals surface area contributed by atoms with E-state index >= 15 is 0 Å². The summed E-state index contributed by atoms with van der Waals surface area (Å²) < 4.78 is 5.62. The minimum atomic E-state index is -0.289. The molecule has 1 aromatic heterocycles. The topological polar surface area (TPSA) is 71.6 Å². The van der Waals surface area contributed by atoms with E-state index < -0.39 is 0 Å². The van der Waals surface area contributed by atoms with Crippen molar-refractivity contribution < 1.29 is 9.84 Å². The van der Waals surface area contributed by atoms with Gasteiger partial charge < -0.3 is 20.5 Å². The molecule has 1 aliphatic carbocycles. The highest BCUT2D eigenvalue weighted by Gasteiger charge is 2.27. The van der Waals surface area contributed by atoms with E-state index in [0.29, 0.717) is 11.6 Å². The summed E-state index contributed by atoms with van der Waals surface area (Å²) in [6.45, 7) is 3.89. The average molecular weight is 279 g/mol. The number of rotatable bonds is 4. The number of nitrogens with zero attached hydrogens (tertiary/aromatic N) is 2. The van der Waals surface area contributed by atoms with Gasteiger partial charge in [0.2, 0.25) is 5.88 Å². The molecule has 0 saturated heterocycles. The van der Waals surface area contributed by atoms with E-state index in [1.165, 1.54) is 0 Å². The molecule has 1 heterocycles. The first kappa shape index (κ1) is 14.9. The third-order valence-corrected chi connectivity index (χ3v) is 3.78. The maximum absolute atomic E-state index is 10.1. The molecule has 2 atom stereocenters. The van der Waals surface area contributed by atoms with Crippen LogP contribution in [-0.2, 0) is 0 Å². The fourth-order valence-electron chi connectivity index (χ4n) is 2.67. The Labute approximate surface area is 120 Å². The van der Waals surface area contributed by atoms with Gasteiger partial charge in [-0.1, -0.05) is 12.8 Å². The van der Waals surface area contributed by atoms with Crippen LogP contribution in [0.15, 0.2) is 12.1 Å².